The lowest BCUT2D eigenvalue weighted by Crippen LogP contribution is -2.16. The minimum absolute atomic E-state index is 0.105. The van der Waals surface area contributed by atoms with Gasteiger partial charge in [0, 0.05) is 6.54 Å². The van der Waals surface area contributed by atoms with Gasteiger partial charge in [0.05, 0.1) is 19.5 Å². The first-order valence-corrected chi connectivity index (χ1v) is 6.20. The Morgan fingerprint density at radius 2 is 2.32 bits per heavy atom. The van der Waals surface area contributed by atoms with Crippen LogP contribution in [0.2, 0.25) is 0 Å². The number of aromatic nitrogens is 5. The van der Waals surface area contributed by atoms with Crippen LogP contribution in [0.25, 0.3) is 0 Å². The van der Waals surface area contributed by atoms with Crippen molar-refractivity contribution >= 4 is 17.7 Å². The topological polar surface area (TPSA) is 103 Å². The number of H-pyrrole nitrogens is 1. The van der Waals surface area contributed by atoms with Gasteiger partial charge in [-0.25, -0.2) is 19.7 Å². The number of carbonyl (C=O) groups excluding carboxylic acids is 1. The second-order valence-corrected chi connectivity index (χ2v) is 4.38. The quantitative estimate of drug-likeness (QED) is 0.805. The molecule has 0 atom stereocenters. The Morgan fingerprint density at radius 1 is 1.53 bits per heavy atom. The fourth-order valence-corrected chi connectivity index (χ4v) is 2.21. The molecular formula is C10H11N5O3S. The molecular weight excluding hydrogens is 270 g/mol. The Bertz CT molecular complexity index is 651. The molecule has 100 valence electrons. The van der Waals surface area contributed by atoms with E-state index in [0.717, 1.165) is 11.8 Å². The second kappa shape index (κ2) is 5.65. The van der Waals surface area contributed by atoms with E-state index in [2.05, 4.69) is 24.9 Å². The van der Waals surface area contributed by atoms with Gasteiger partial charge >= 0.3 is 11.7 Å². The van der Waals surface area contributed by atoms with Crippen molar-refractivity contribution in [3.8, 4) is 0 Å². The molecule has 0 bridgehead atoms. The van der Waals surface area contributed by atoms with E-state index < -0.39 is 5.97 Å². The van der Waals surface area contributed by atoms with E-state index in [0.29, 0.717) is 16.7 Å². The van der Waals surface area contributed by atoms with Crippen LogP contribution in [-0.2, 0) is 11.3 Å². The number of methoxy groups -OCH3 is 1. The zero-order chi connectivity index (χ0) is 13.8. The Hall–Kier alpha value is -2.16. The fourth-order valence-electron chi connectivity index (χ4n) is 1.35. The van der Waals surface area contributed by atoms with Gasteiger partial charge in [-0.2, -0.15) is 0 Å². The third kappa shape index (κ3) is 2.81. The van der Waals surface area contributed by atoms with Gasteiger partial charge in [-0.1, -0.05) is 0 Å². The van der Waals surface area contributed by atoms with Crippen LogP contribution in [0.1, 0.15) is 17.4 Å². The molecule has 0 amide bonds. The van der Waals surface area contributed by atoms with E-state index in [9.17, 15) is 9.59 Å². The minimum atomic E-state index is -0.565. The molecule has 0 radical (unpaired) electrons. The summed E-state index contributed by atoms with van der Waals surface area (Å²) in [7, 11) is 1.27. The van der Waals surface area contributed by atoms with Crippen LogP contribution >= 0.6 is 11.8 Å². The lowest BCUT2D eigenvalue weighted by Gasteiger charge is -2.02. The van der Waals surface area contributed by atoms with Crippen molar-refractivity contribution in [3.05, 3.63) is 28.6 Å². The number of ether oxygens (including phenoxy) is 1. The van der Waals surface area contributed by atoms with Gasteiger partial charge in [0.1, 0.15) is 5.03 Å². The number of nitrogens with one attached hydrogen (secondary N) is 1. The van der Waals surface area contributed by atoms with E-state index in [4.69, 9.17) is 0 Å². The highest BCUT2D eigenvalue weighted by Gasteiger charge is 2.12. The molecule has 0 aliphatic carbocycles. The van der Waals surface area contributed by atoms with E-state index in [1.54, 1.807) is 0 Å². The van der Waals surface area contributed by atoms with Crippen molar-refractivity contribution in [2.75, 3.05) is 7.11 Å². The molecule has 2 rings (SSSR count). The predicted octanol–water partition coefficient (Wildman–Crippen LogP) is 0.319. The zero-order valence-corrected chi connectivity index (χ0v) is 11.1. The van der Waals surface area contributed by atoms with Gasteiger partial charge in [0.15, 0.2) is 10.9 Å². The molecule has 0 spiro atoms. The van der Waals surface area contributed by atoms with Crippen LogP contribution in [0.15, 0.2) is 27.4 Å². The molecule has 0 unspecified atom stereocenters. The van der Waals surface area contributed by atoms with Crippen LogP contribution in [0.4, 0.5) is 0 Å². The summed E-state index contributed by atoms with van der Waals surface area (Å²) in [6.45, 7) is 2.32. The van der Waals surface area contributed by atoms with Crippen molar-refractivity contribution in [2.24, 2.45) is 0 Å². The van der Waals surface area contributed by atoms with Crippen molar-refractivity contribution in [1.29, 1.82) is 0 Å². The number of aromatic amines is 1. The number of hydrogen-bond donors (Lipinski definition) is 1. The normalized spacial score (nSPS) is 10.4. The Morgan fingerprint density at radius 3 is 3.00 bits per heavy atom. The van der Waals surface area contributed by atoms with E-state index >= 15 is 0 Å². The van der Waals surface area contributed by atoms with Gasteiger partial charge < -0.3 is 4.74 Å². The number of carbonyl (C=O) groups is 1. The monoisotopic (exact) mass is 281 g/mol. The maximum absolute atomic E-state index is 11.4. The van der Waals surface area contributed by atoms with Gasteiger partial charge in [-0.05, 0) is 18.7 Å². The summed E-state index contributed by atoms with van der Waals surface area (Å²) < 4.78 is 6.02. The first-order chi connectivity index (χ1) is 9.15. The molecule has 8 nitrogen and oxygen atoms in total. The molecule has 19 heavy (non-hydrogen) atoms. The standard InChI is InChI=1S/C10H11N5O3S/c1-3-15-9(17)13-14-10(15)19-7-5-11-4-6(12-7)8(16)18-2/h4-5H,3H2,1-2H3,(H,13,17). The lowest BCUT2D eigenvalue weighted by atomic mass is 10.5. The van der Waals surface area contributed by atoms with Gasteiger partial charge in [0.2, 0.25) is 0 Å². The van der Waals surface area contributed by atoms with E-state index in [1.807, 2.05) is 6.92 Å². The summed E-state index contributed by atoms with van der Waals surface area (Å²) in [6.07, 6.45) is 2.80. The third-order valence-corrected chi connectivity index (χ3v) is 3.14. The van der Waals surface area contributed by atoms with Crippen molar-refractivity contribution in [3.63, 3.8) is 0 Å². The predicted molar refractivity (Wildman–Crippen MR) is 66.0 cm³/mol. The highest BCUT2D eigenvalue weighted by atomic mass is 32.2. The average Bonchev–Trinajstić information content (AvgIpc) is 2.78. The maximum atomic E-state index is 11.4. The highest BCUT2D eigenvalue weighted by molar-refractivity contribution is 7.99. The Labute approximate surface area is 112 Å². The SMILES string of the molecule is CCn1c(Sc2cncc(C(=O)OC)n2)n[nH]c1=O. The van der Waals surface area contributed by atoms with Crippen molar-refractivity contribution in [1.82, 2.24) is 24.7 Å². The number of rotatable bonds is 4. The molecule has 1 N–H and O–H groups in total. The molecule has 0 saturated heterocycles. The first-order valence-electron chi connectivity index (χ1n) is 5.39. The van der Waals surface area contributed by atoms with Crippen LogP contribution in [0.5, 0.6) is 0 Å². The number of nitrogens with zero attached hydrogens (tertiary/aromatic N) is 4. The zero-order valence-electron chi connectivity index (χ0n) is 10.3. The van der Waals surface area contributed by atoms with E-state index in [1.165, 1.54) is 24.1 Å². The van der Waals surface area contributed by atoms with Crippen LogP contribution in [-0.4, -0.2) is 37.8 Å². The lowest BCUT2D eigenvalue weighted by molar-refractivity contribution is 0.0592. The summed E-state index contributed by atoms with van der Waals surface area (Å²) >= 11 is 1.14. The highest BCUT2D eigenvalue weighted by Crippen LogP contribution is 2.22. The Balaban J connectivity index is 2.28. The molecule has 0 saturated carbocycles. The average molecular weight is 281 g/mol. The molecule has 0 aromatic carbocycles. The van der Waals surface area contributed by atoms with Gasteiger partial charge in [-0.15, -0.1) is 5.10 Å². The van der Waals surface area contributed by atoms with Gasteiger partial charge in [-0.3, -0.25) is 9.55 Å². The maximum Gasteiger partial charge on any atom is 0.358 e. The molecule has 2 aromatic rings. The largest absolute Gasteiger partial charge is 0.464 e. The van der Waals surface area contributed by atoms with Gasteiger partial charge in [0.25, 0.3) is 0 Å². The molecule has 9 heteroatoms. The second-order valence-electron chi connectivity index (χ2n) is 3.39. The van der Waals surface area contributed by atoms with E-state index in [-0.39, 0.29) is 11.4 Å². The molecule has 2 aromatic heterocycles. The molecule has 0 fully saturated rings. The Kier molecular flexibility index (Phi) is 3.95. The summed E-state index contributed by atoms with van der Waals surface area (Å²) in [4.78, 5) is 30.7. The van der Waals surface area contributed by atoms with Crippen molar-refractivity contribution < 1.29 is 9.53 Å². The molecule has 0 aliphatic rings. The smallest absolute Gasteiger partial charge is 0.358 e. The number of hydrogen-bond acceptors (Lipinski definition) is 7. The molecule has 2 heterocycles. The van der Waals surface area contributed by atoms with Crippen LogP contribution in [0.3, 0.4) is 0 Å². The minimum Gasteiger partial charge on any atom is -0.464 e. The molecule has 0 aliphatic heterocycles. The summed E-state index contributed by atoms with van der Waals surface area (Å²) in [5.41, 5.74) is -0.185. The van der Waals surface area contributed by atoms with Crippen LogP contribution in [0, 0.1) is 0 Å². The van der Waals surface area contributed by atoms with Crippen LogP contribution < -0.4 is 5.69 Å². The fraction of sp³-hybridized carbons (Fsp3) is 0.300. The number of esters is 1. The summed E-state index contributed by atoms with van der Waals surface area (Å²) in [5.74, 6) is -0.565. The summed E-state index contributed by atoms with van der Waals surface area (Å²) in [6, 6.07) is 0. The third-order valence-electron chi connectivity index (χ3n) is 2.24. The first kappa shape index (κ1) is 13.3. The summed E-state index contributed by atoms with van der Waals surface area (Å²) in [5, 5.41) is 7.15. The van der Waals surface area contributed by atoms with Crippen molar-refractivity contribution in [2.45, 2.75) is 23.7 Å².